The van der Waals surface area contributed by atoms with E-state index in [1.807, 2.05) is 0 Å². The third-order valence-corrected chi connectivity index (χ3v) is 3.87. The Balaban J connectivity index is 1.84. The van der Waals surface area contributed by atoms with Gasteiger partial charge in [0.25, 0.3) is 0 Å². The summed E-state index contributed by atoms with van der Waals surface area (Å²) in [6.45, 7) is 0. The highest BCUT2D eigenvalue weighted by molar-refractivity contribution is 4.96. The van der Waals surface area contributed by atoms with E-state index >= 15 is 0 Å². The second kappa shape index (κ2) is 6.98. The quantitative estimate of drug-likeness (QED) is 0.562. The van der Waals surface area contributed by atoms with Crippen molar-refractivity contribution in [3.05, 3.63) is 11.8 Å². The highest BCUT2D eigenvalue weighted by Crippen LogP contribution is 2.26. The lowest BCUT2D eigenvalue weighted by Gasteiger charge is -2.26. The van der Waals surface area contributed by atoms with Gasteiger partial charge in [-0.3, -0.25) is 0 Å². The van der Waals surface area contributed by atoms with Gasteiger partial charge >= 0.3 is 0 Å². The molecule has 0 spiro atoms. The molecular formula is C15H26O. The van der Waals surface area contributed by atoms with Crippen LogP contribution in [0.15, 0.2) is 11.8 Å². The summed E-state index contributed by atoms with van der Waals surface area (Å²) >= 11 is 0. The van der Waals surface area contributed by atoms with Gasteiger partial charge in [-0.2, -0.15) is 0 Å². The molecule has 0 aliphatic carbocycles. The van der Waals surface area contributed by atoms with Gasteiger partial charge in [0.1, 0.15) is 0 Å². The van der Waals surface area contributed by atoms with Gasteiger partial charge in [-0.05, 0) is 44.6 Å². The number of ether oxygens (including phenoxy) is 1. The zero-order valence-corrected chi connectivity index (χ0v) is 10.5. The Morgan fingerprint density at radius 1 is 0.812 bits per heavy atom. The zero-order valence-electron chi connectivity index (χ0n) is 10.5. The molecular weight excluding hydrogens is 196 g/mol. The van der Waals surface area contributed by atoms with Gasteiger partial charge in [0.15, 0.2) is 0 Å². The van der Waals surface area contributed by atoms with E-state index in [9.17, 15) is 0 Å². The first-order chi connectivity index (χ1) is 7.95. The molecule has 92 valence electrons. The molecule has 1 atom stereocenters. The summed E-state index contributed by atoms with van der Waals surface area (Å²) < 4.78 is 6.06. The number of rotatable bonds is 0. The minimum atomic E-state index is 0.542. The lowest BCUT2D eigenvalue weighted by Crippen LogP contribution is -2.17. The van der Waals surface area contributed by atoms with Gasteiger partial charge in [-0.1, -0.05) is 32.1 Å². The molecule has 0 aromatic heterocycles. The standard InChI is InChI=1S/C15H26O/c1-2-4-6-8-11-15-13-9-12-14(16-15)10-7-5-3-1/h10,15H,1-9,11-13H2. The summed E-state index contributed by atoms with van der Waals surface area (Å²) in [7, 11) is 0. The van der Waals surface area contributed by atoms with Gasteiger partial charge in [0.05, 0.1) is 11.9 Å². The molecule has 1 heteroatoms. The lowest BCUT2D eigenvalue weighted by molar-refractivity contribution is 0.0641. The molecule has 0 N–H and O–H groups in total. The van der Waals surface area contributed by atoms with E-state index in [1.165, 1.54) is 82.8 Å². The molecule has 1 fully saturated rings. The van der Waals surface area contributed by atoms with Gasteiger partial charge in [0, 0.05) is 6.42 Å². The van der Waals surface area contributed by atoms with E-state index < -0.39 is 0 Å². The molecule has 2 heterocycles. The minimum Gasteiger partial charge on any atom is -0.495 e. The Morgan fingerprint density at radius 3 is 2.38 bits per heavy atom. The smallest absolute Gasteiger partial charge is 0.0982 e. The first-order valence-corrected chi connectivity index (χ1v) is 7.31. The molecule has 1 unspecified atom stereocenters. The summed E-state index contributed by atoms with van der Waals surface area (Å²) in [5.74, 6) is 1.30. The molecule has 1 nitrogen and oxygen atoms in total. The SMILES string of the molecule is C1=C2CCCC(CCCCCCCCC1)O2. The Morgan fingerprint density at radius 2 is 1.50 bits per heavy atom. The van der Waals surface area contributed by atoms with Crippen molar-refractivity contribution in [1.82, 2.24) is 0 Å². The van der Waals surface area contributed by atoms with Crippen LogP contribution in [0.5, 0.6) is 0 Å². The maximum Gasteiger partial charge on any atom is 0.0982 e. The lowest BCUT2D eigenvalue weighted by atomic mass is 10.0. The molecule has 0 aromatic rings. The van der Waals surface area contributed by atoms with Crippen LogP contribution in [0.3, 0.4) is 0 Å². The van der Waals surface area contributed by atoms with E-state index in [4.69, 9.17) is 4.74 Å². The highest BCUT2D eigenvalue weighted by atomic mass is 16.5. The molecule has 16 heavy (non-hydrogen) atoms. The van der Waals surface area contributed by atoms with Crippen molar-refractivity contribution in [3.63, 3.8) is 0 Å². The fraction of sp³-hybridized carbons (Fsp3) is 0.867. The minimum absolute atomic E-state index is 0.542. The summed E-state index contributed by atoms with van der Waals surface area (Å²) in [5, 5.41) is 0. The summed E-state index contributed by atoms with van der Waals surface area (Å²) in [4.78, 5) is 0. The van der Waals surface area contributed by atoms with Crippen LogP contribution in [0.25, 0.3) is 0 Å². The van der Waals surface area contributed by atoms with Crippen LogP contribution < -0.4 is 0 Å². The highest BCUT2D eigenvalue weighted by Gasteiger charge is 2.17. The molecule has 2 aliphatic rings. The summed E-state index contributed by atoms with van der Waals surface area (Å²) in [6, 6.07) is 0. The van der Waals surface area contributed by atoms with Crippen LogP contribution in [0.2, 0.25) is 0 Å². The molecule has 2 aliphatic heterocycles. The van der Waals surface area contributed by atoms with Gasteiger partial charge in [0.2, 0.25) is 0 Å². The average Bonchev–Trinajstić information content (AvgIpc) is 2.32. The normalized spacial score (nSPS) is 29.0. The van der Waals surface area contributed by atoms with Crippen LogP contribution >= 0.6 is 0 Å². The van der Waals surface area contributed by atoms with Crippen molar-refractivity contribution in [1.29, 1.82) is 0 Å². The topological polar surface area (TPSA) is 9.23 Å². The van der Waals surface area contributed by atoms with Crippen molar-refractivity contribution in [2.24, 2.45) is 0 Å². The predicted octanol–water partition coefficient (Wildman–Crippen LogP) is 4.96. The third kappa shape index (κ3) is 4.19. The fourth-order valence-corrected chi connectivity index (χ4v) is 2.85. The van der Waals surface area contributed by atoms with Gasteiger partial charge in [-0.15, -0.1) is 0 Å². The van der Waals surface area contributed by atoms with Crippen molar-refractivity contribution in [2.75, 3.05) is 0 Å². The van der Waals surface area contributed by atoms with Gasteiger partial charge < -0.3 is 4.74 Å². The first-order valence-electron chi connectivity index (χ1n) is 7.31. The summed E-state index contributed by atoms with van der Waals surface area (Å²) in [6.07, 6.45) is 19.1. The van der Waals surface area contributed by atoms with Crippen molar-refractivity contribution in [3.8, 4) is 0 Å². The largest absolute Gasteiger partial charge is 0.495 e. The first kappa shape index (κ1) is 12.0. The Bertz CT molecular complexity index is 219. The molecule has 0 radical (unpaired) electrons. The molecule has 2 rings (SSSR count). The van der Waals surface area contributed by atoms with Crippen LogP contribution in [0, 0.1) is 0 Å². The number of hydrogen-bond acceptors (Lipinski definition) is 1. The van der Waals surface area contributed by atoms with E-state index in [0.29, 0.717) is 6.10 Å². The molecule has 1 saturated heterocycles. The van der Waals surface area contributed by atoms with Crippen LogP contribution in [-0.2, 0) is 4.74 Å². The van der Waals surface area contributed by atoms with Crippen LogP contribution in [0.1, 0.15) is 77.0 Å². The Labute approximate surface area is 100 Å². The Hall–Kier alpha value is -0.460. The Kier molecular flexibility index (Phi) is 5.24. The van der Waals surface area contributed by atoms with E-state index in [1.54, 1.807) is 0 Å². The monoisotopic (exact) mass is 222 g/mol. The van der Waals surface area contributed by atoms with E-state index in [-0.39, 0.29) is 0 Å². The van der Waals surface area contributed by atoms with E-state index in [2.05, 4.69) is 6.08 Å². The van der Waals surface area contributed by atoms with Crippen molar-refractivity contribution >= 4 is 0 Å². The third-order valence-electron chi connectivity index (χ3n) is 3.87. The maximum atomic E-state index is 6.06. The number of hydrogen-bond donors (Lipinski definition) is 0. The average molecular weight is 222 g/mol. The molecule has 0 aromatic carbocycles. The fourth-order valence-electron chi connectivity index (χ4n) is 2.85. The number of fused-ring (bicyclic) bond motifs is 2. The predicted molar refractivity (Wildman–Crippen MR) is 68.4 cm³/mol. The number of allylic oxidation sites excluding steroid dienone is 2. The van der Waals surface area contributed by atoms with Gasteiger partial charge in [-0.25, -0.2) is 0 Å². The van der Waals surface area contributed by atoms with Crippen molar-refractivity contribution < 1.29 is 4.74 Å². The summed E-state index contributed by atoms with van der Waals surface area (Å²) in [5.41, 5.74) is 0. The van der Waals surface area contributed by atoms with Crippen molar-refractivity contribution in [2.45, 2.75) is 83.2 Å². The second-order valence-corrected chi connectivity index (χ2v) is 5.35. The van der Waals surface area contributed by atoms with Crippen LogP contribution in [-0.4, -0.2) is 6.10 Å². The second-order valence-electron chi connectivity index (χ2n) is 5.35. The molecule has 0 saturated carbocycles. The maximum absolute atomic E-state index is 6.06. The molecule has 2 bridgehead atoms. The van der Waals surface area contributed by atoms with E-state index in [0.717, 1.165) is 0 Å². The zero-order chi connectivity index (χ0) is 11.1. The van der Waals surface area contributed by atoms with Crippen LogP contribution in [0.4, 0.5) is 0 Å². The molecule has 0 amide bonds.